The van der Waals surface area contributed by atoms with E-state index in [1.165, 1.54) is 12.1 Å². The molecule has 1 aliphatic rings. The van der Waals surface area contributed by atoms with Crippen LogP contribution in [0.25, 0.3) is 0 Å². The maximum Gasteiger partial charge on any atom is 0.241 e. The van der Waals surface area contributed by atoms with Gasteiger partial charge in [-0.15, -0.1) is 0 Å². The molecule has 0 aliphatic carbocycles. The summed E-state index contributed by atoms with van der Waals surface area (Å²) in [6, 6.07) is 4.07. The lowest BCUT2D eigenvalue weighted by Crippen LogP contribution is -2.43. The van der Waals surface area contributed by atoms with Crippen molar-refractivity contribution >= 4 is 23.2 Å². The molecular weight excluding hydrogens is 243 g/mol. The minimum absolute atomic E-state index is 0.0544. The van der Waals surface area contributed by atoms with E-state index in [2.05, 4.69) is 10.6 Å². The van der Waals surface area contributed by atoms with Crippen LogP contribution >= 0.6 is 11.6 Å². The van der Waals surface area contributed by atoms with Crippen LogP contribution in [0, 0.1) is 5.82 Å². The van der Waals surface area contributed by atoms with Crippen LogP contribution in [-0.2, 0) is 4.79 Å². The lowest BCUT2D eigenvalue weighted by molar-refractivity contribution is -0.118. The van der Waals surface area contributed by atoms with E-state index in [1.54, 1.807) is 6.07 Å². The standard InChI is InChI=1S/C12H14ClFN2O/c13-9-5-4-8(7-10(9)14)16-12(17)11-3-1-2-6-15-11/h4-5,7,11,15H,1-3,6H2,(H,16,17)/t11-/m1/s1. The Kier molecular flexibility index (Phi) is 3.97. The number of hydrogen-bond donors (Lipinski definition) is 2. The summed E-state index contributed by atoms with van der Waals surface area (Å²) in [6.45, 7) is 0.854. The normalized spacial score (nSPS) is 20.0. The minimum atomic E-state index is -0.527. The highest BCUT2D eigenvalue weighted by Gasteiger charge is 2.20. The second-order valence-corrected chi connectivity index (χ2v) is 4.53. The number of rotatable bonds is 2. The summed E-state index contributed by atoms with van der Waals surface area (Å²) in [5.74, 6) is -0.646. The maximum atomic E-state index is 13.2. The number of hydrogen-bond acceptors (Lipinski definition) is 2. The molecular formula is C12H14ClFN2O. The van der Waals surface area contributed by atoms with Crippen molar-refractivity contribution in [2.75, 3.05) is 11.9 Å². The highest BCUT2D eigenvalue weighted by Crippen LogP contribution is 2.19. The first kappa shape index (κ1) is 12.3. The zero-order valence-corrected chi connectivity index (χ0v) is 10.1. The summed E-state index contributed by atoms with van der Waals surface area (Å²) < 4.78 is 13.2. The Balaban J connectivity index is 1.99. The van der Waals surface area contributed by atoms with Crippen LogP contribution < -0.4 is 10.6 Å². The van der Waals surface area contributed by atoms with Gasteiger partial charge in [0.05, 0.1) is 11.1 Å². The fourth-order valence-corrected chi connectivity index (χ4v) is 2.00. The van der Waals surface area contributed by atoms with Crippen molar-refractivity contribution in [2.24, 2.45) is 0 Å². The summed E-state index contributed by atoms with van der Waals surface area (Å²) in [7, 11) is 0. The predicted octanol–water partition coefficient (Wildman–Crippen LogP) is 2.56. The predicted molar refractivity (Wildman–Crippen MR) is 65.7 cm³/mol. The van der Waals surface area contributed by atoms with Crippen molar-refractivity contribution in [3.8, 4) is 0 Å². The monoisotopic (exact) mass is 256 g/mol. The van der Waals surface area contributed by atoms with Gasteiger partial charge >= 0.3 is 0 Å². The topological polar surface area (TPSA) is 41.1 Å². The van der Waals surface area contributed by atoms with Gasteiger partial charge in [-0.05, 0) is 37.6 Å². The number of benzene rings is 1. The number of carbonyl (C=O) groups excluding carboxylic acids is 1. The lowest BCUT2D eigenvalue weighted by Gasteiger charge is -2.22. The van der Waals surface area contributed by atoms with E-state index in [0.717, 1.165) is 25.8 Å². The van der Waals surface area contributed by atoms with Crippen molar-refractivity contribution in [1.82, 2.24) is 5.32 Å². The summed E-state index contributed by atoms with van der Waals surface area (Å²) in [6.07, 6.45) is 2.96. The van der Waals surface area contributed by atoms with Gasteiger partial charge in [-0.25, -0.2) is 4.39 Å². The largest absolute Gasteiger partial charge is 0.325 e. The van der Waals surface area contributed by atoms with Crippen LogP contribution in [-0.4, -0.2) is 18.5 Å². The Bertz CT molecular complexity index is 419. The summed E-state index contributed by atoms with van der Waals surface area (Å²) in [4.78, 5) is 11.8. The number of piperidine rings is 1. The third-order valence-corrected chi connectivity index (χ3v) is 3.12. The Labute approximate surface area is 104 Å². The zero-order valence-electron chi connectivity index (χ0n) is 9.30. The summed E-state index contributed by atoms with van der Waals surface area (Å²) in [5, 5.41) is 5.87. The van der Waals surface area contributed by atoms with Gasteiger partial charge < -0.3 is 10.6 Å². The van der Waals surface area contributed by atoms with E-state index in [-0.39, 0.29) is 17.0 Å². The van der Waals surface area contributed by atoms with Gasteiger partial charge in [-0.1, -0.05) is 18.0 Å². The smallest absolute Gasteiger partial charge is 0.241 e. The third-order valence-electron chi connectivity index (χ3n) is 2.81. The van der Waals surface area contributed by atoms with Crippen LogP contribution in [0.2, 0.25) is 5.02 Å². The number of carbonyl (C=O) groups is 1. The van der Waals surface area contributed by atoms with E-state index >= 15 is 0 Å². The van der Waals surface area contributed by atoms with Gasteiger partial charge in [-0.3, -0.25) is 4.79 Å². The zero-order chi connectivity index (χ0) is 12.3. The van der Waals surface area contributed by atoms with Crippen LogP contribution in [0.3, 0.4) is 0 Å². The van der Waals surface area contributed by atoms with Crippen LogP contribution in [0.4, 0.5) is 10.1 Å². The summed E-state index contributed by atoms with van der Waals surface area (Å²) in [5.41, 5.74) is 0.435. The first-order valence-electron chi connectivity index (χ1n) is 5.66. The molecule has 0 saturated carbocycles. The van der Waals surface area contributed by atoms with Gasteiger partial charge in [0.2, 0.25) is 5.91 Å². The highest BCUT2D eigenvalue weighted by atomic mass is 35.5. The molecule has 1 aromatic rings. The van der Waals surface area contributed by atoms with Crippen molar-refractivity contribution in [1.29, 1.82) is 0 Å². The molecule has 3 nitrogen and oxygen atoms in total. The quantitative estimate of drug-likeness (QED) is 0.854. The Morgan fingerprint density at radius 1 is 1.47 bits per heavy atom. The van der Waals surface area contributed by atoms with Crippen molar-refractivity contribution in [3.05, 3.63) is 29.0 Å². The molecule has 5 heteroatoms. The molecule has 0 spiro atoms. The van der Waals surface area contributed by atoms with Gasteiger partial charge in [0.1, 0.15) is 5.82 Å². The van der Waals surface area contributed by atoms with Crippen LogP contribution in [0.1, 0.15) is 19.3 Å². The van der Waals surface area contributed by atoms with Crippen molar-refractivity contribution in [3.63, 3.8) is 0 Å². The number of nitrogens with one attached hydrogen (secondary N) is 2. The van der Waals surface area contributed by atoms with Gasteiger partial charge in [0.15, 0.2) is 0 Å². The number of amides is 1. The molecule has 0 radical (unpaired) electrons. The highest BCUT2D eigenvalue weighted by molar-refractivity contribution is 6.30. The SMILES string of the molecule is O=C(Nc1ccc(Cl)c(F)c1)[C@H]1CCCCN1. The average Bonchev–Trinajstić information content (AvgIpc) is 2.35. The summed E-state index contributed by atoms with van der Waals surface area (Å²) >= 11 is 5.57. The molecule has 2 rings (SSSR count). The molecule has 0 unspecified atom stereocenters. The van der Waals surface area contributed by atoms with Gasteiger partial charge in [0, 0.05) is 5.69 Å². The molecule has 1 heterocycles. The number of anilines is 1. The molecule has 1 saturated heterocycles. The third kappa shape index (κ3) is 3.17. The molecule has 1 aliphatic heterocycles. The van der Waals surface area contributed by atoms with Gasteiger partial charge in [-0.2, -0.15) is 0 Å². The van der Waals surface area contributed by atoms with Crippen LogP contribution in [0.5, 0.6) is 0 Å². The van der Waals surface area contributed by atoms with Crippen molar-refractivity contribution < 1.29 is 9.18 Å². The molecule has 92 valence electrons. The first-order valence-corrected chi connectivity index (χ1v) is 6.04. The minimum Gasteiger partial charge on any atom is -0.325 e. The second-order valence-electron chi connectivity index (χ2n) is 4.12. The van der Waals surface area contributed by atoms with E-state index in [0.29, 0.717) is 5.69 Å². The van der Waals surface area contributed by atoms with E-state index in [1.807, 2.05) is 0 Å². The fraction of sp³-hybridized carbons (Fsp3) is 0.417. The molecule has 17 heavy (non-hydrogen) atoms. The molecule has 2 N–H and O–H groups in total. The van der Waals surface area contributed by atoms with E-state index in [9.17, 15) is 9.18 Å². The maximum absolute atomic E-state index is 13.2. The molecule has 1 amide bonds. The molecule has 1 fully saturated rings. The molecule has 1 aromatic carbocycles. The Morgan fingerprint density at radius 3 is 2.94 bits per heavy atom. The lowest BCUT2D eigenvalue weighted by atomic mass is 10.0. The van der Waals surface area contributed by atoms with Crippen LogP contribution in [0.15, 0.2) is 18.2 Å². The second kappa shape index (κ2) is 5.47. The first-order chi connectivity index (χ1) is 8.16. The number of halogens is 2. The fourth-order valence-electron chi connectivity index (χ4n) is 1.88. The van der Waals surface area contributed by atoms with E-state index < -0.39 is 5.82 Å². The van der Waals surface area contributed by atoms with Gasteiger partial charge in [0.25, 0.3) is 0 Å². The van der Waals surface area contributed by atoms with E-state index in [4.69, 9.17) is 11.6 Å². The molecule has 0 bridgehead atoms. The Hall–Kier alpha value is -1.13. The molecule has 0 aromatic heterocycles. The molecule has 1 atom stereocenters. The van der Waals surface area contributed by atoms with Crippen molar-refractivity contribution in [2.45, 2.75) is 25.3 Å². The Morgan fingerprint density at radius 2 is 2.29 bits per heavy atom. The average molecular weight is 257 g/mol.